The lowest BCUT2D eigenvalue weighted by atomic mass is 10.1. The maximum atomic E-state index is 12.3. The molecule has 2 heterocycles. The summed E-state index contributed by atoms with van der Waals surface area (Å²) >= 11 is 1.13. The van der Waals surface area contributed by atoms with Crippen LogP contribution in [-0.2, 0) is 16.1 Å². The van der Waals surface area contributed by atoms with E-state index in [9.17, 15) is 9.59 Å². The maximum Gasteiger partial charge on any atom is 0.308 e. The van der Waals surface area contributed by atoms with Gasteiger partial charge in [0.15, 0.2) is 0 Å². The van der Waals surface area contributed by atoms with Gasteiger partial charge in [-0.1, -0.05) is 35.6 Å². The average molecular weight is 332 g/mol. The lowest BCUT2D eigenvalue weighted by molar-refractivity contribution is -0.123. The van der Waals surface area contributed by atoms with E-state index in [1.807, 2.05) is 36.6 Å². The van der Waals surface area contributed by atoms with Crippen LogP contribution < -0.4 is 10.2 Å². The number of benzene rings is 1. The van der Waals surface area contributed by atoms with E-state index in [1.165, 1.54) is 0 Å². The summed E-state index contributed by atoms with van der Waals surface area (Å²) in [5.41, 5.74) is 2.88. The molecule has 1 fully saturated rings. The van der Waals surface area contributed by atoms with Crippen LogP contribution in [0.5, 0.6) is 0 Å². The van der Waals surface area contributed by atoms with Crippen LogP contribution in [-0.4, -0.2) is 29.7 Å². The number of aryl methyl sites for hydroxylation is 1. The fourth-order valence-electron chi connectivity index (χ4n) is 2.81. The van der Waals surface area contributed by atoms with Gasteiger partial charge < -0.3 is 10.1 Å². The van der Waals surface area contributed by atoms with Crippen LogP contribution in [0.1, 0.15) is 18.4 Å². The normalized spacial score (nSPS) is 15.5. The maximum absolute atomic E-state index is 12.3. The summed E-state index contributed by atoms with van der Waals surface area (Å²) in [6.07, 6.45) is 1.66. The lowest BCUT2D eigenvalue weighted by Gasteiger charge is -2.23. The zero-order valence-corrected chi connectivity index (χ0v) is 13.9. The molecule has 0 radical (unpaired) electrons. The van der Waals surface area contributed by atoms with Crippen LogP contribution >= 0.6 is 11.3 Å². The predicted octanol–water partition coefficient (Wildman–Crippen LogP) is 2.18. The number of carbonyl (C=O) groups excluding carboxylic acids is 1. The van der Waals surface area contributed by atoms with Crippen LogP contribution in [0, 0.1) is 6.92 Å². The summed E-state index contributed by atoms with van der Waals surface area (Å²) in [5, 5.41) is 4.83. The number of hydrogen-bond acceptors (Lipinski definition) is 4. The quantitative estimate of drug-likeness (QED) is 0.933. The molecule has 5 nitrogen and oxygen atoms in total. The first kappa shape index (κ1) is 16.0. The van der Waals surface area contributed by atoms with Gasteiger partial charge in [0.2, 0.25) is 5.91 Å². The molecule has 0 saturated carbocycles. The second-order valence-electron chi connectivity index (χ2n) is 5.74. The molecule has 122 valence electrons. The van der Waals surface area contributed by atoms with Crippen molar-refractivity contribution in [3.05, 3.63) is 44.9 Å². The Morgan fingerprint density at radius 3 is 2.83 bits per heavy atom. The molecular formula is C17H20N2O3S. The molecule has 0 aliphatic carbocycles. The average Bonchev–Trinajstić information content (AvgIpc) is 2.90. The summed E-state index contributed by atoms with van der Waals surface area (Å²) < 4.78 is 6.85. The molecule has 1 aromatic heterocycles. The van der Waals surface area contributed by atoms with Crippen molar-refractivity contribution < 1.29 is 9.53 Å². The van der Waals surface area contributed by atoms with Crippen molar-refractivity contribution in [2.75, 3.05) is 13.2 Å². The van der Waals surface area contributed by atoms with Gasteiger partial charge in [-0.2, -0.15) is 0 Å². The Morgan fingerprint density at radius 2 is 2.09 bits per heavy atom. The smallest absolute Gasteiger partial charge is 0.308 e. The van der Waals surface area contributed by atoms with Crippen molar-refractivity contribution in [2.45, 2.75) is 32.4 Å². The Bertz CT molecular complexity index is 744. The second kappa shape index (κ2) is 7.10. The van der Waals surface area contributed by atoms with E-state index in [2.05, 4.69) is 5.32 Å². The highest BCUT2D eigenvalue weighted by atomic mass is 32.1. The third-order valence-electron chi connectivity index (χ3n) is 4.09. The highest BCUT2D eigenvalue weighted by molar-refractivity contribution is 7.07. The van der Waals surface area contributed by atoms with Crippen molar-refractivity contribution in [1.29, 1.82) is 0 Å². The van der Waals surface area contributed by atoms with Gasteiger partial charge in [0, 0.05) is 30.2 Å². The molecule has 0 unspecified atom stereocenters. The second-order valence-corrected chi connectivity index (χ2v) is 6.56. The third-order valence-corrected chi connectivity index (χ3v) is 4.85. The van der Waals surface area contributed by atoms with Gasteiger partial charge in [0.05, 0.1) is 5.69 Å². The first-order valence-electron chi connectivity index (χ1n) is 7.76. The van der Waals surface area contributed by atoms with Crippen LogP contribution in [0.4, 0.5) is 0 Å². The summed E-state index contributed by atoms with van der Waals surface area (Å²) in [6, 6.07) is 8.03. The Kier molecular flexibility index (Phi) is 4.93. The van der Waals surface area contributed by atoms with Gasteiger partial charge in [-0.3, -0.25) is 14.2 Å². The number of aromatic nitrogens is 1. The fraction of sp³-hybridized carbons (Fsp3) is 0.412. The topological polar surface area (TPSA) is 60.3 Å². The molecule has 0 atom stereocenters. The zero-order chi connectivity index (χ0) is 16.2. The first-order valence-corrected chi connectivity index (χ1v) is 8.64. The van der Waals surface area contributed by atoms with E-state index < -0.39 is 0 Å². The highest BCUT2D eigenvalue weighted by Crippen LogP contribution is 2.23. The van der Waals surface area contributed by atoms with Gasteiger partial charge in [-0.15, -0.1) is 0 Å². The number of nitrogens with one attached hydrogen (secondary N) is 1. The Labute approximate surface area is 138 Å². The summed E-state index contributed by atoms with van der Waals surface area (Å²) in [4.78, 5) is 24.3. The van der Waals surface area contributed by atoms with Gasteiger partial charge in [-0.05, 0) is 25.3 Å². The Balaban J connectivity index is 1.78. The minimum atomic E-state index is -0.118. The zero-order valence-electron chi connectivity index (χ0n) is 13.1. The van der Waals surface area contributed by atoms with Crippen molar-refractivity contribution in [1.82, 2.24) is 9.88 Å². The number of nitrogens with zero attached hydrogens (tertiary/aromatic N) is 1. The minimum absolute atomic E-state index is 0.0589. The first-order chi connectivity index (χ1) is 11.1. The van der Waals surface area contributed by atoms with Crippen molar-refractivity contribution in [3.8, 4) is 11.3 Å². The molecule has 1 aromatic carbocycles. The largest absolute Gasteiger partial charge is 0.381 e. The van der Waals surface area contributed by atoms with Gasteiger partial charge in [0.25, 0.3) is 0 Å². The lowest BCUT2D eigenvalue weighted by Crippen LogP contribution is -2.41. The number of hydrogen-bond donors (Lipinski definition) is 1. The van der Waals surface area contributed by atoms with E-state index in [0.717, 1.165) is 41.0 Å². The molecule has 3 rings (SSSR count). The summed E-state index contributed by atoms with van der Waals surface area (Å²) in [7, 11) is 0. The van der Waals surface area contributed by atoms with Crippen molar-refractivity contribution >= 4 is 17.2 Å². The number of thiazole rings is 1. The van der Waals surface area contributed by atoms with Crippen LogP contribution in [0.2, 0.25) is 0 Å². The number of rotatable bonds is 4. The van der Waals surface area contributed by atoms with Crippen LogP contribution in [0.25, 0.3) is 11.3 Å². The SMILES string of the molecule is Cc1ccccc1-c1csc(=O)n1CC(=O)NC1CCOCC1. The molecule has 1 amide bonds. The van der Waals surface area contributed by atoms with E-state index in [1.54, 1.807) is 4.57 Å². The Morgan fingerprint density at radius 1 is 1.35 bits per heavy atom. The van der Waals surface area contributed by atoms with E-state index in [4.69, 9.17) is 4.74 Å². The number of ether oxygens (including phenoxy) is 1. The molecule has 23 heavy (non-hydrogen) atoms. The standard InChI is InChI=1S/C17H20N2O3S/c1-12-4-2-3-5-14(12)15-11-23-17(21)19(15)10-16(20)18-13-6-8-22-9-7-13/h2-5,11,13H,6-10H2,1H3,(H,18,20). The molecule has 1 N–H and O–H groups in total. The minimum Gasteiger partial charge on any atom is -0.381 e. The fourth-order valence-corrected chi connectivity index (χ4v) is 3.57. The molecule has 6 heteroatoms. The molecule has 0 spiro atoms. The van der Waals surface area contributed by atoms with E-state index in [0.29, 0.717) is 13.2 Å². The molecule has 1 aliphatic rings. The van der Waals surface area contributed by atoms with E-state index >= 15 is 0 Å². The molecule has 1 aliphatic heterocycles. The summed E-state index contributed by atoms with van der Waals surface area (Å²) in [5.74, 6) is -0.118. The Hall–Kier alpha value is -1.92. The van der Waals surface area contributed by atoms with Gasteiger partial charge >= 0.3 is 4.87 Å². The van der Waals surface area contributed by atoms with E-state index in [-0.39, 0.29) is 23.4 Å². The molecule has 1 saturated heterocycles. The highest BCUT2D eigenvalue weighted by Gasteiger charge is 2.18. The number of amides is 1. The van der Waals surface area contributed by atoms with Crippen molar-refractivity contribution in [2.24, 2.45) is 0 Å². The predicted molar refractivity (Wildman–Crippen MR) is 90.7 cm³/mol. The summed E-state index contributed by atoms with van der Waals surface area (Å²) in [6.45, 7) is 3.42. The third kappa shape index (κ3) is 3.71. The van der Waals surface area contributed by atoms with Crippen LogP contribution in [0.15, 0.2) is 34.4 Å². The molecular weight excluding hydrogens is 312 g/mol. The van der Waals surface area contributed by atoms with Gasteiger partial charge in [0.1, 0.15) is 6.54 Å². The number of carbonyl (C=O) groups is 1. The molecule has 2 aromatic rings. The molecule has 0 bridgehead atoms. The van der Waals surface area contributed by atoms with Crippen molar-refractivity contribution in [3.63, 3.8) is 0 Å². The van der Waals surface area contributed by atoms with Gasteiger partial charge in [-0.25, -0.2) is 0 Å². The monoisotopic (exact) mass is 332 g/mol. The van der Waals surface area contributed by atoms with Crippen LogP contribution in [0.3, 0.4) is 0 Å².